The van der Waals surface area contributed by atoms with Crippen LogP contribution in [-0.4, -0.2) is 4.98 Å². The molecule has 0 aliphatic heterocycles. The van der Waals surface area contributed by atoms with Gasteiger partial charge in [-0.05, 0) is 48.5 Å². The van der Waals surface area contributed by atoms with Crippen molar-refractivity contribution in [3.05, 3.63) is 47.8 Å². The molecule has 19 heavy (non-hydrogen) atoms. The molecule has 5 heteroatoms. The van der Waals surface area contributed by atoms with Gasteiger partial charge in [-0.25, -0.2) is 9.37 Å². The van der Waals surface area contributed by atoms with Gasteiger partial charge in [0.05, 0.1) is 0 Å². The lowest BCUT2D eigenvalue weighted by molar-refractivity contribution is 0.489. The Kier molecular flexibility index (Phi) is 2.91. The molecular formula is C14H11FN2OS. The number of para-hydroxylation sites is 2. The minimum atomic E-state index is -0.306. The smallest absolute Gasteiger partial charge is 0.261 e. The molecule has 0 radical (unpaired) electrons. The third kappa shape index (κ3) is 2.29. The van der Waals surface area contributed by atoms with Gasteiger partial charge in [-0.1, -0.05) is 12.1 Å². The number of aryl methyl sites for hydroxylation is 1. The summed E-state index contributed by atoms with van der Waals surface area (Å²) in [7, 11) is 0. The van der Waals surface area contributed by atoms with Crippen LogP contribution in [0.4, 0.5) is 10.1 Å². The quantitative estimate of drug-likeness (QED) is 0.717. The second-order valence-electron chi connectivity index (χ2n) is 4.19. The normalized spacial score (nSPS) is 11.1. The molecule has 2 N–H and O–H groups in total. The van der Waals surface area contributed by atoms with E-state index in [2.05, 4.69) is 4.98 Å². The number of nitrogens with zero attached hydrogens (tertiary/aromatic N) is 1. The second kappa shape index (κ2) is 4.59. The van der Waals surface area contributed by atoms with E-state index in [1.165, 1.54) is 17.8 Å². The van der Waals surface area contributed by atoms with Crippen LogP contribution >= 0.6 is 11.8 Å². The van der Waals surface area contributed by atoms with Crippen LogP contribution < -0.4 is 5.73 Å². The van der Waals surface area contributed by atoms with Crippen LogP contribution in [-0.2, 0) is 0 Å². The lowest BCUT2D eigenvalue weighted by atomic mass is 10.2. The number of benzene rings is 2. The maximum absolute atomic E-state index is 13.3. The molecule has 1 aromatic heterocycles. The monoisotopic (exact) mass is 274 g/mol. The summed E-state index contributed by atoms with van der Waals surface area (Å²) in [5.41, 5.74) is 8.25. The summed E-state index contributed by atoms with van der Waals surface area (Å²) in [4.78, 5) is 5.09. The van der Waals surface area contributed by atoms with Crippen molar-refractivity contribution in [2.24, 2.45) is 0 Å². The summed E-state index contributed by atoms with van der Waals surface area (Å²) < 4.78 is 18.9. The zero-order valence-corrected chi connectivity index (χ0v) is 11.0. The predicted octanol–water partition coefficient (Wildman–Crippen LogP) is 4.01. The number of oxazole rings is 1. The van der Waals surface area contributed by atoms with E-state index in [9.17, 15) is 4.39 Å². The highest BCUT2D eigenvalue weighted by Crippen LogP contribution is 2.34. The Morgan fingerprint density at radius 2 is 2.05 bits per heavy atom. The molecule has 1 heterocycles. The summed E-state index contributed by atoms with van der Waals surface area (Å²) in [6.07, 6.45) is 0. The Balaban J connectivity index is 1.98. The summed E-state index contributed by atoms with van der Waals surface area (Å²) in [6.45, 7) is 1.70. The number of hydrogen-bond donors (Lipinski definition) is 1. The molecule has 0 saturated heterocycles. The van der Waals surface area contributed by atoms with Crippen molar-refractivity contribution in [3.8, 4) is 0 Å². The van der Waals surface area contributed by atoms with Crippen molar-refractivity contribution in [1.29, 1.82) is 0 Å². The topological polar surface area (TPSA) is 52.0 Å². The van der Waals surface area contributed by atoms with E-state index >= 15 is 0 Å². The molecule has 0 aliphatic carbocycles. The average Bonchev–Trinajstić information content (AvgIpc) is 2.78. The molecule has 0 saturated carbocycles. The minimum absolute atomic E-state index is 0.306. The number of hydrogen-bond acceptors (Lipinski definition) is 4. The van der Waals surface area contributed by atoms with Crippen LogP contribution in [0, 0.1) is 12.7 Å². The van der Waals surface area contributed by atoms with Gasteiger partial charge in [0, 0.05) is 10.6 Å². The third-order valence-electron chi connectivity index (χ3n) is 2.76. The summed E-state index contributed by atoms with van der Waals surface area (Å²) in [5, 5.41) is 0.499. The van der Waals surface area contributed by atoms with Crippen LogP contribution in [0.2, 0.25) is 0 Å². The van der Waals surface area contributed by atoms with Crippen LogP contribution in [0.5, 0.6) is 0 Å². The van der Waals surface area contributed by atoms with E-state index in [0.717, 1.165) is 16.0 Å². The zero-order valence-electron chi connectivity index (χ0n) is 10.2. The number of anilines is 1. The van der Waals surface area contributed by atoms with E-state index in [4.69, 9.17) is 10.2 Å². The first-order chi connectivity index (χ1) is 9.13. The SMILES string of the molecule is Cc1cc(Sc2nc3ccccc3o2)c(N)cc1F. The lowest BCUT2D eigenvalue weighted by Crippen LogP contribution is -1.92. The van der Waals surface area contributed by atoms with Gasteiger partial charge >= 0.3 is 0 Å². The van der Waals surface area contributed by atoms with Gasteiger partial charge < -0.3 is 10.2 Å². The Hall–Kier alpha value is -2.01. The molecule has 3 rings (SSSR count). The first-order valence-electron chi connectivity index (χ1n) is 5.72. The van der Waals surface area contributed by atoms with E-state index in [1.807, 2.05) is 24.3 Å². The minimum Gasteiger partial charge on any atom is -0.431 e. The largest absolute Gasteiger partial charge is 0.431 e. The van der Waals surface area contributed by atoms with Gasteiger partial charge in [0.15, 0.2) is 5.58 Å². The number of nitrogens with two attached hydrogens (primary N) is 1. The van der Waals surface area contributed by atoms with Crippen LogP contribution in [0.25, 0.3) is 11.1 Å². The molecule has 0 amide bonds. The molecule has 2 aromatic carbocycles. The van der Waals surface area contributed by atoms with Crippen LogP contribution in [0.1, 0.15) is 5.56 Å². The predicted molar refractivity (Wildman–Crippen MR) is 73.7 cm³/mol. The van der Waals surface area contributed by atoms with E-state index in [0.29, 0.717) is 16.5 Å². The van der Waals surface area contributed by atoms with Gasteiger partial charge in [0.2, 0.25) is 0 Å². The van der Waals surface area contributed by atoms with Gasteiger partial charge in [-0.2, -0.15) is 0 Å². The van der Waals surface area contributed by atoms with Crippen molar-refractivity contribution in [3.63, 3.8) is 0 Å². The first-order valence-corrected chi connectivity index (χ1v) is 6.54. The van der Waals surface area contributed by atoms with Gasteiger partial charge in [-0.15, -0.1) is 0 Å². The number of aromatic nitrogens is 1. The van der Waals surface area contributed by atoms with Crippen LogP contribution in [0.3, 0.4) is 0 Å². The molecule has 96 valence electrons. The molecule has 0 unspecified atom stereocenters. The number of nitrogen functional groups attached to an aromatic ring is 1. The fourth-order valence-corrected chi connectivity index (χ4v) is 2.62. The number of halogens is 1. The van der Waals surface area contributed by atoms with Crippen molar-refractivity contribution in [1.82, 2.24) is 4.98 Å². The van der Waals surface area contributed by atoms with Crippen molar-refractivity contribution in [2.45, 2.75) is 17.0 Å². The Morgan fingerprint density at radius 3 is 2.84 bits per heavy atom. The Bertz CT molecular complexity index is 721. The summed E-state index contributed by atoms with van der Waals surface area (Å²) in [6, 6.07) is 10.5. The maximum Gasteiger partial charge on any atom is 0.261 e. The van der Waals surface area contributed by atoms with E-state index in [1.54, 1.807) is 13.0 Å². The number of fused-ring (bicyclic) bond motifs is 1. The molecule has 0 spiro atoms. The molecule has 0 bridgehead atoms. The fraction of sp³-hybridized carbons (Fsp3) is 0.0714. The molecule has 0 aliphatic rings. The lowest BCUT2D eigenvalue weighted by Gasteiger charge is -2.04. The highest BCUT2D eigenvalue weighted by Gasteiger charge is 2.11. The molecule has 0 atom stereocenters. The van der Waals surface area contributed by atoms with Crippen molar-refractivity contribution in [2.75, 3.05) is 5.73 Å². The Labute approximate surface area is 113 Å². The molecule has 3 nitrogen and oxygen atoms in total. The molecular weight excluding hydrogens is 263 g/mol. The van der Waals surface area contributed by atoms with E-state index in [-0.39, 0.29) is 5.82 Å². The third-order valence-corrected chi connectivity index (χ3v) is 3.69. The fourth-order valence-electron chi connectivity index (χ4n) is 1.75. The van der Waals surface area contributed by atoms with E-state index < -0.39 is 0 Å². The van der Waals surface area contributed by atoms with Crippen LogP contribution in [0.15, 0.2) is 50.9 Å². The van der Waals surface area contributed by atoms with Gasteiger partial charge in [0.1, 0.15) is 11.3 Å². The highest BCUT2D eigenvalue weighted by atomic mass is 32.2. The standard InChI is InChI=1S/C14H11FN2OS/c1-8-6-13(10(16)7-9(8)15)19-14-17-11-4-2-3-5-12(11)18-14/h2-7H,16H2,1H3. The second-order valence-corrected chi connectivity index (χ2v) is 5.18. The first kappa shape index (κ1) is 12.0. The van der Waals surface area contributed by atoms with Crippen molar-refractivity contribution >= 4 is 28.5 Å². The van der Waals surface area contributed by atoms with Crippen molar-refractivity contribution < 1.29 is 8.81 Å². The maximum atomic E-state index is 13.3. The summed E-state index contributed by atoms with van der Waals surface area (Å²) in [5.74, 6) is -0.306. The highest BCUT2D eigenvalue weighted by molar-refractivity contribution is 7.99. The van der Waals surface area contributed by atoms with Gasteiger partial charge in [0.25, 0.3) is 5.22 Å². The number of rotatable bonds is 2. The zero-order chi connectivity index (χ0) is 13.4. The van der Waals surface area contributed by atoms with Gasteiger partial charge in [-0.3, -0.25) is 0 Å². The summed E-state index contributed by atoms with van der Waals surface area (Å²) >= 11 is 1.29. The Morgan fingerprint density at radius 1 is 1.26 bits per heavy atom. The molecule has 3 aromatic rings. The average molecular weight is 274 g/mol. The molecule has 0 fully saturated rings.